The van der Waals surface area contributed by atoms with E-state index in [4.69, 9.17) is 5.11 Å². The van der Waals surface area contributed by atoms with Crippen molar-refractivity contribution in [3.63, 3.8) is 0 Å². The molecule has 0 unspecified atom stereocenters. The summed E-state index contributed by atoms with van der Waals surface area (Å²) in [5.41, 5.74) is 0. The van der Waals surface area contributed by atoms with Crippen molar-refractivity contribution in [2.24, 2.45) is 11.8 Å². The molecule has 1 aliphatic heterocycles. The Kier molecular flexibility index (Phi) is 5.14. The molecule has 2 N–H and O–H groups in total. The summed E-state index contributed by atoms with van der Waals surface area (Å²) in [4.78, 5) is 36.7. The van der Waals surface area contributed by atoms with Gasteiger partial charge in [-0.15, -0.1) is 0 Å². The van der Waals surface area contributed by atoms with Crippen LogP contribution in [0.2, 0.25) is 0 Å². The van der Waals surface area contributed by atoms with Crippen molar-refractivity contribution in [3.05, 3.63) is 0 Å². The predicted octanol–water partition coefficient (Wildman–Crippen LogP) is -0.173. The number of likely N-dealkylation sites (N-methyl/N-ethyl adjacent to an activating group) is 1. The van der Waals surface area contributed by atoms with E-state index in [0.717, 1.165) is 0 Å². The van der Waals surface area contributed by atoms with Crippen LogP contribution in [-0.2, 0) is 9.59 Å². The highest BCUT2D eigenvalue weighted by Crippen LogP contribution is 2.16. The van der Waals surface area contributed by atoms with Crippen molar-refractivity contribution in [1.82, 2.24) is 15.1 Å². The molecule has 1 rings (SSSR count). The minimum atomic E-state index is -0.888. The van der Waals surface area contributed by atoms with Crippen LogP contribution >= 0.6 is 0 Å². The van der Waals surface area contributed by atoms with Crippen molar-refractivity contribution in [3.8, 4) is 0 Å². The van der Waals surface area contributed by atoms with Crippen LogP contribution in [0.1, 0.15) is 13.8 Å². The Morgan fingerprint density at radius 2 is 1.95 bits per heavy atom. The van der Waals surface area contributed by atoms with E-state index in [-0.39, 0.29) is 31.6 Å². The average molecular weight is 271 g/mol. The number of aliphatic carboxylic acids is 1. The van der Waals surface area contributed by atoms with Crippen LogP contribution in [-0.4, -0.2) is 66.0 Å². The van der Waals surface area contributed by atoms with Gasteiger partial charge in [-0.1, -0.05) is 13.8 Å². The van der Waals surface area contributed by atoms with Crippen molar-refractivity contribution in [2.75, 3.05) is 33.2 Å². The summed E-state index contributed by atoms with van der Waals surface area (Å²) in [5.74, 6) is -1.22. The standard InChI is InChI=1S/C12H21N3O4/c1-8(2)4-13-10(16)7-14(3)12(19)15-5-9(6-15)11(17)18/h8-9H,4-7H2,1-3H3,(H,13,16)(H,17,18). The summed E-state index contributed by atoms with van der Waals surface area (Å²) < 4.78 is 0. The maximum absolute atomic E-state index is 11.8. The number of carbonyl (C=O) groups excluding carboxylic acids is 2. The Morgan fingerprint density at radius 3 is 2.42 bits per heavy atom. The fraction of sp³-hybridized carbons (Fsp3) is 0.750. The summed E-state index contributed by atoms with van der Waals surface area (Å²) in [5, 5.41) is 11.4. The zero-order valence-electron chi connectivity index (χ0n) is 11.5. The molecule has 0 bridgehead atoms. The first-order valence-electron chi connectivity index (χ1n) is 6.30. The van der Waals surface area contributed by atoms with E-state index >= 15 is 0 Å². The second-order valence-electron chi connectivity index (χ2n) is 5.28. The van der Waals surface area contributed by atoms with Gasteiger partial charge in [0.05, 0.1) is 5.92 Å². The first-order chi connectivity index (χ1) is 8.81. The Labute approximate surface area is 112 Å². The summed E-state index contributed by atoms with van der Waals surface area (Å²) in [6.07, 6.45) is 0. The Hall–Kier alpha value is -1.79. The molecule has 0 radical (unpaired) electrons. The smallest absolute Gasteiger partial charge is 0.320 e. The summed E-state index contributed by atoms with van der Waals surface area (Å²) in [7, 11) is 1.53. The number of nitrogens with zero attached hydrogens (tertiary/aromatic N) is 2. The van der Waals surface area contributed by atoms with Gasteiger partial charge in [0.1, 0.15) is 6.54 Å². The lowest BCUT2D eigenvalue weighted by Gasteiger charge is -2.38. The number of hydrogen-bond acceptors (Lipinski definition) is 3. The monoisotopic (exact) mass is 271 g/mol. The molecule has 0 saturated carbocycles. The molecule has 3 amide bonds. The fourth-order valence-electron chi connectivity index (χ4n) is 1.69. The SMILES string of the molecule is CC(C)CNC(=O)CN(C)C(=O)N1CC(C(=O)O)C1. The van der Waals surface area contributed by atoms with E-state index in [1.165, 1.54) is 16.8 Å². The third kappa shape index (κ3) is 4.42. The van der Waals surface area contributed by atoms with Gasteiger partial charge in [-0.25, -0.2) is 4.79 Å². The first kappa shape index (κ1) is 15.3. The van der Waals surface area contributed by atoms with Gasteiger partial charge in [-0.2, -0.15) is 0 Å². The number of carboxylic acids is 1. The predicted molar refractivity (Wildman–Crippen MR) is 68.6 cm³/mol. The molecule has 0 aliphatic carbocycles. The van der Waals surface area contributed by atoms with Gasteiger partial charge in [0.2, 0.25) is 5.91 Å². The quantitative estimate of drug-likeness (QED) is 0.726. The molecule has 7 nitrogen and oxygen atoms in total. The molecule has 1 saturated heterocycles. The molecule has 1 aliphatic rings. The number of hydrogen-bond donors (Lipinski definition) is 2. The van der Waals surface area contributed by atoms with E-state index in [0.29, 0.717) is 12.5 Å². The molecule has 0 atom stereocenters. The number of amides is 3. The Balaban J connectivity index is 2.30. The van der Waals surface area contributed by atoms with Crippen molar-refractivity contribution < 1.29 is 19.5 Å². The van der Waals surface area contributed by atoms with E-state index in [2.05, 4.69) is 5.32 Å². The van der Waals surface area contributed by atoms with Crippen molar-refractivity contribution >= 4 is 17.9 Å². The van der Waals surface area contributed by atoms with Gasteiger partial charge in [0.25, 0.3) is 0 Å². The molecule has 0 aromatic heterocycles. The topological polar surface area (TPSA) is 90.0 Å². The molecule has 0 aromatic carbocycles. The Bertz CT molecular complexity index is 364. The highest BCUT2D eigenvalue weighted by atomic mass is 16.4. The van der Waals surface area contributed by atoms with Crippen LogP contribution in [0.4, 0.5) is 4.79 Å². The van der Waals surface area contributed by atoms with Crippen LogP contribution < -0.4 is 5.32 Å². The van der Waals surface area contributed by atoms with Gasteiger partial charge >= 0.3 is 12.0 Å². The molecule has 7 heteroatoms. The number of rotatable bonds is 5. The summed E-state index contributed by atoms with van der Waals surface area (Å²) in [6.45, 7) is 4.96. The second kappa shape index (κ2) is 6.40. The Morgan fingerprint density at radius 1 is 1.37 bits per heavy atom. The molecule has 1 fully saturated rings. The van der Waals surface area contributed by atoms with Gasteiger partial charge < -0.3 is 20.2 Å². The number of nitrogens with one attached hydrogen (secondary N) is 1. The summed E-state index contributed by atoms with van der Waals surface area (Å²) >= 11 is 0. The van der Waals surface area contributed by atoms with E-state index < -0.39 is 11.9 Å². The number of urea groups is 1. The van der Waals surface area contributed by atoms with Gasteiger partial charge in [-0.3, -0.25) is 9.59 Å². The second-order valence-corrected chi connectivity index (χ2v) is 5.28. The van der Waals surface area contributed by atoms with E-state index in [1.54, 1.807) is 0 Å². The highest BCUT2D eigenvalue weighted by Gasteiger charge is 2.37. The van der Waals surface area contributed by atoms with Crippen LogP contribution in [0.25, 0.3) is 0 Å². The van der Waals surface area contributed by atoms with Gasteiger partial charge in [0, 0.05) is 26.7 Å². The fourth-order valence-corrected chi connectivity index (χ4v) is 1.69. The maximum atomic E-state index is 11.8. The lowest BCUT2D eigenvalue weighted by atomic mass is 10.0. The van der Waals surface area contributed by atoms with Gasteiger partial charge in [0.15, 0.2) is 0 Å². The highest BCUT2D eigenvalue weighted by molar-refractivity contribution is 5.85. The van der Waals surface area contributed by atoms with E-state index in [9.17, 15) is 14.4 Å². The molecule has 1 heterocycles. The van der Waals surface area contributed by atoms with Crippen molar-refractivity contribution in [1.29, 1.82) is 0 Å². The lowest BCUT2D eigenvalue weighted by Crippen LogP contribution is -2.57. The molecular formula is C12H21N3O4. The van der Waals surface area contributed by atoms with E-state index in [1.807, 2.05) is 13.8 Å². The van der Waals surface area contributed by atoms with Crippen LogP contribution in [0.15, 0.2) is 0 Å². The summed E-state index contributed by atoms with van der Waals surface area (Å²) in [6, 6.07) is -0.308. The van der Waals surface area contributed by atoms with Crippen LogP contribution in [0.5, 0.6) is 0 Å². The van der Waals surface area contributed by atoms with Crippen LogP contribution in [0, 0.1) is 11.8 Å². The van der Waals surface area contributed by atoms with Crippen molar-refractivity contribution in [2.45, 2.75) is 13.8 Å². The third-order valence-electron chi connectivity index (χ3n) is 2.92. The molecule has 0 spiro atoms. The maximum Gasteiger partial charge on any atom is 0.320 e. The molecule has 0 aromatic rings. The normalized spacial score (nSPS) is 15.1. The lowest BCUT2D eigenvalue weighted by molar-refractivity contribution is -0.146. The number of carbonyl (C=O) groups is 3. The third-order valence-corrected chi connectivity index (χ3v) is 2.92. The number of carboxylic acid groups (broad SMARTS) is 1. The molecule has 19 heavy (non-hydrogen) atoms. The zero-order chi connectivity index (χ0) is 14.6. The minimum Gasteiger partial charge on any atom is -0.481 e. The van der Waals surface area contributed by atoms with Gasteiger partial charge in [-0.05, 0) is 5.92 Å². The largest absolute Gasteiger partial charge is 0.481 e. The molecule has 108 valence electrons. The average Bonchev–Trinajstić information content (AvgIpc) is 2.23. The molecular weight excluding hydrogens is 250 g/mol. The van der Waals surface area contributed by atoms with Crippen LogP contribution in [0.3, 0.4) is 0 Å². The first-order valence-corrected chi connectivity index (χ1v) is 6.30. The number of likely N-dealkylation sites (tertiary alicyclic amines) is 1. The zero-order valence-corrected chi connectivity index (χ0v) is 11.5. The minimum absolute atomic E-state index is 0.0141.